The summed E-state index contributed by atoms with van der Waals surface area (Å²) in [6, 6.07) is 19.9. The Hall–Kier alpha value is -3.12. The van der Waals surface area contributed by atoms with Gasteiger partial charge in [-0.25, -0.2) is 9.78 Å². The van der Waals surface area contributed by atoms with Crippen LogP contribution >= 0.6 is 34.8 Å². The highest BCUT2D eigenvalue weighted by atomic mass is 35.5. The first-order valence-electron chi connectivity index (χ1n) is 9.30. The number of pyridine rings is 1. The van der Waals surface area contributed by atoms with E-state index in [-0.39, 0.29) is 0 Å². The van der Waals surface area contributed by atoms with Crippen LogP contribution in [0.2, 0.25) is 15.1 Å². The van der Waals surface area contributed by atoms with Crippen molar-refractivity contribution in [2.45, 2.75) is 0 Å². The van der Waals surface area contributed by atoms with Crippen molar-refractivity contribution in [3.05, 3.63) is 98.5 Å². The third-order valence-electron chi connectivity index (χ3n) is 4.86. The Labute approximate surface area is 191 Å². The maximum absolute atomic E-state index is 12.5. The van der Waals surface area contributed by atoms with Crippen LogP contribution < -0.4 is 5.69 Å². The van der Waals surface area contributed by atoms with Crippen molar-refractivity contribution >= 4 is 40.4 Å². The van der Waals surface area contributed by atoms with E-state index in [4.69, 9.17) is 39.8 Å². The molecule has 0 amide bonds. The monoisotopic (exact) mass is 466 g/mol. The zero-order valence-corrected chi connectivity index (χ0v) is 18.1. The molecule has 31 heavy (non-hydrogen) atoms. The number of hydrogen-bond acceptors (Lipinski definition) is 3. The normalized spacial score (nSPS) is 11.2. The van der Waals surface area contributed by atoms with Gasteiger partial charge in [0, 0.05) is 27.4 Å². The van der Waals surface area contributed by atoms with Gasteiger partial charge in [0.25, 0.3) is 0 Å². The number of benzene rings is 2. The van der Waals surface area contributed by atoms with Crippen molar-refractivity contribution in [3.8, 4) is 33.9 Å². The van der Waals surface area contributed by atoms with Gasteiger partial charge in [0.15, 0.2) is 0 Å². The lowest BCUT2D eigenvalue weighted by atomic mass is 10.1. The van der Waals surface area contributed by atoms with E-state index in [1.165, 1.54) is 0 Å². The molecule has 5 nitrogen and oxygen atoms in total. The summed E-state index contributed by atoms with van der Waals surface area (Å²) in [6.45, 7) is 0. The van der Waals surface area contributed by atoms with E-state index in [0.29, 0.717) is 49.1 Å². The van der Waals surface area contributed by atoms with Crippen molar-refractivity contribution in [3.63, 3.8) is 0 Å². The van der Waals surface area contributed by atoms with E-state index in [1.54, 1.807) is 24.3 Å². The highest BCUT2D eigenvalue weighted by Crippen LogP contribution is 2.37. The molecule has 0 unspecified atom stereocenters. The minimum atomic E-state index is -0.471. The average molecular weight is 468 g/mol. The Bertz CT molecular complexity index is 1490. The van der Waals surface area contributed by atoms with Gasteiger partial charge < -0.3 is 4.98 Å². The molecule has 1 N–H and O–H groups in total. The second-order valence-corrected chi connectivity index (χ2v) is 8.13. The molecule has 0 saturated heterocycles. The first kappa shape index (κ1) is 19.8. The first-order chi connectivity index (χ1) is 15.0. The van der Waals surface area contributed by atoms with Gasteiger partial charge in [0.2, 0.25) is 0 Å². The molecule has 0 aliphatic carbocycles. The third-order valence-corrected chi connectivity index (χ3v) is 5.66. The largest absolute Gasteiger partial charge is 0.346 e. The molecule has 0 atom stereocenters. The highest BCUT2D eigenvalue weighted by molar-refractivity contribution is 6.36. The molecular weight excluding hydrogens is 455 g/mol. The summed E-state index contributed by atoms with van der Waals surface area (Å²) in [5.74, 6) is 0. The fourth-order valence-electron chi connectivity index (χ4n) is 3.48. The van der Waals surface area contributed by atoms with Crippen LogP contribution in [0.5, 0.6) is 0 Å². The van der Waals surface area contributed by atoms with E-state index in [1.807, 2.05) is 53.1 Å². The standard InChI is InChI=1S/C23H13Cl3N4O/c24-14-6-4-13(5-7-14)18-12-19(28-23(31)27-18)22-21(16-9-8-15(25)11-17(16)26)29-20-3-1-2-10-30(20)22/h1-12H,(H,27,28,31). The van der Waals surface area contributed by atoms with E-state index >= 15 is 0 Å². The summed E-state index contributed by atoms with van der Waals surface area (Å²) in [7, 11) is 0. The van der Waals surface area contributed by atoms with Gasteiger partial charge in [-0.3, -0.25) is 4.40 Å². The van der Waals surface area contributed by atoms with Crippen LogP contribution in [0, 0.1) is 0 Å². The van der Waals surface area contributed by atoms with Crippen LogP contribution in [0.25, 0.3) is 39.5 Å². The molecule has 2 aromatic carbocycles. The Morgan fingerprint density at radius 2 is 1.61 bits per heavy atom. The molecule has 3 aromatic heterocycles. The van der Waals surface area contributed by atoms with Crippen molar-refractivity contribution in [2.75, 3.05) is 0 Å². The van der Waals surface area contributed by atoms with Gasteiger partial charge in [-0.2, -0.15) is 4.98 Å². The van der Waals surface area contributed by atoms with Crippen molar-refractivity contribution in [1.82, 2.24) is 19.4 Å². The van der Waals surface area contributed by atoms with Crippen LogP contribution in [-0.4, -0.2) is 19.4 Å². The predicted molar refractivity (Wildman–Crippen MR) is 125 cm³/mol. The van der Waals surface area contributed by atoms with E-state index in [9.17, 15) is 4.79 Å². The van der Waals surface area contributed by atoms with E-state index in [2.05, 4.69) is 9.97 Å². The number of hydrogen-bond donors (Lipinski definition) is 1. The number of rotatable bonds is 3. The number of aromatic amines is 1. The van der Waals surface area contributed by atoms with Gasteiger partial charge in [0.1, 0.15) is 11.3 Å². The summed E-state index contributed by atoms with van der Waals surface area (Å²) >= 11 is 18.6. The van der Waals surface area contributed by atoms with Gasteiger partial charge in [-0.1, -0.05) is 53.0 Å². The Balaban J connectivity index is 1.79. The zero-order chi connectivity index (χ0) is 21.5. The average Bonchev–Trinajstić information content (AvgIpc) is 3.13. The molecule has 0 radical (unpaired) electrons. The van der Waals surface area contributed by atoms with Gasteiger partial charge >= 0.3 is 5.69 Å². The van der Waals surface area contributed by atoms with Crippen molar-refractivity contribution < 1.29 is 0 Å². The lowest BCUT2D eigenvalue weighted by Crippen LogP contribution is -2.12. The SMILES string of the molecule is O=c1nc(-c2ccc(Cl)cc2)cc(-c2c(-c3ccc(Cl)cc3Cl)nc3ccccn23)[nH]1. The number of halogens is 3. The molecular formula is C23H13Cl3N4O. The van der Waals surface area contributed by atoms with Crippen LogP contribution in [0.4, 0.5) is 0 Å². The fourth-order valence-corrected chi connectivity index (χ4v) is 4.10. The van der Waals surface area contributed by atoms with Gasteiger partial charge in [0.05, 0.1) is 22.1 Å². The lowest BCUT2D eigenvalue weighted by Gasteiger charge is -2.09. The second-order valence-electron chi connectivity index (χ2n) is 6.85. The minimum Gasteiger partial charge on any atom is -0.304 e. The molecule has 3 heterocycles. The van der Waals surface area contributed by atoms with Crippen LogP contribution in [0.15, 0.2) is 77.7 Å². The van der Waals surface area contributed by atoms with Crippen molar-refractivity contribution in [1.29, 1.82) is 0 Å². The van der Waals surface area contributed by atoms with Crippen LogP contribution in [0.3, 0.4) is 0 Å². The summed E-state index contributed by atoms with van der Waals surface area (Å²) in [6.07, 6.45) is 1.88. The van der Waals surface area contributed by atoms with E-state index < -0.39 is 5.69 Å². The van der Waals surface area contributed by atoms with Crippen LogP contribution in [0.1, 0.15) is 0 Å². The molecule has 8 heteroatoms. The Morgan fingerprint density at radius 3 is 2.39 bits per heavy atom. The first-order valence-corrected chi connectivity index (χ1v) is 10.4. The molecule has 152 valence electrons. The highest BCUT2D eigenvalue weighted by Gasteiger charge is 2.20. The zero-order valence-electron chi connectivity index (χ0n) is 15.8. The smallest absolute Gasteiger partial charge is 0.304 e. The fraction of sp³-hybridized carbons (Fsp3) is 0. The van der Waals surface area contributed by atoms with Crippen LogP contribution in [-0.2, 0) is 0 Å². The number of imidazole rings is 1. The third kappa shape index (κ3) is 3.72. The number of nitrogens with zero attached hydrogens (tertiary/aromatic N) is 3. The minimum absolute atomic E-state index is 0.464. The number of fused-ring (bicyclic) bond motifs is 1. The molecule has 0 fully saturated rings. The van der Waals surface area contributed by atoms with E-state index in [0.717, 1.165) is 5.56 Å². The van der Waals surface area contributed by atoms with Gasteiger partial charge in [-0.05, 0) is 48.5 Å². The summed E-state index contributed by atoms with van der Waals surface area (Å²) in [5, 5.41) is 1.60. The molecule has 0 spiro atoms. The summed E-state index contributed by atoms with van der Waals surface area (Å²) in [5.41, 5.74) is 4.11. The summed E-state index contributed by atoms with van der Waals surface area (Å²) in [4.78, 5) is 24.2. The number of nitrogens with one attached hydrogen (secondary N) is 1. The maximum atomic E-state index is 12.5. The van der Waals surface area contributed by atoms with Gasteiger partial charge in [-0.15, -0.1) is 0 Å². The number of aromatic nitrogens is 4. The molecule has 0 aliphatic rings. The molecule has 0 aliphatic heterocycles. The number of H-pyrrole nitrogens is 1. The molecule has 0 bridgehead atoms. The topological polar surface area (TPSA) is 63.1 Å². The molecule has 0 saturated carbocycles. The Kier molecular flexibility index (Phi) is 5.02. The van der Waals surface area contributed by atoms with Crippen molar-refractivity contribution in [2.24, 2.45) is 0 Å². The predicted octanol–water partition coefficient (Wildman–Crippen LogP) is 6.38. The Morgan fingerprint density at radius 1 is 0.839 bits per heavy atom. The maximum Gasteiger partial charge on any atom is 0.346 e. The second kappa shape index (κ2) is 7.85. The summed E-state index contributed by atoms with van der Waals surface area (Å²) < 4.78 is 1.90. The molecule has 5 rings (SSSR count). The molecule has 5 aromatic rings. The quantitative estimate of drug-likeness (QED) is 0.335. The lowest BCUT2D eigenvalue weighted by molar-refractivity contribution is 1.07.